The standard InChI is InChI=1S/C11H13NO3/c1-8(13)11(6-7-11)9-4-2-3-5-10(9)12(14)15/h2-5,8,13H,6-7H2,1H3. The average molecular weight is 207 g/mol. The summed E-state index contributed by atoms with van der Waals surface area (Å²) in [6, 6.07) is 6.68. The van der Waals surface area contributed by atoms with Crippen LogP contribution in [-0.2, 0) is 5.41 Å². The maximum absolute atomic E-state index is 10.8. The Morgan fingerprint density at radius 1 is 1.47 bits per heavy atom. The van der Waals surface area contributed by atoms with Crippen LogP contribution in [-0.4, -0.2) is 16.1 Å². The minimum atomic E-state index is -0.529. The molecule has 0 aliphatic heterocycles. The molecule has 1 atom stereocenters. The van der Waals surface area contributed by atoms with Gasteiger partial charge in [-0.3, -0.25) is 10.1 Å². The molecule has 0 saturated heterocycles. The van der Waals surface area contributed by atoms with Crippen LogP contribution in [0.2, 0.25) is 0 Å². The van der Waals surface area contributed by atoms with Crippen molar-refractivity contribution in [3.05, 3.63) is 39.9 Å². The third kappa shape index (κ3) is 1.51. The largest absolute Gasteiger partial charge is 0.392 e. The molecular formula is C11H13NO3. The van der Waals surface area contributed by atoms with Gasteiger partial charge in [0.05, 0.1) is 11.0 Å². The molecule has 15 heavy (non-hydrogen) atoms. The predicted octanol–water partition coefficient (Wildman–Crippen LogP) is 2.01. The molecule has 1 unspecified atom stereocenters. The number of hydrogen-bond acceptors (Lipinski definition) is 3. The molecule has 0 spiro atoms. The van der Waals surface area contributed by atoms with Crippen molar-refractivity contribution in [2.75, 3.05) is 0 Å². The van der Waals surface area contributed by atoms with E-state index in [1.165, 1.54) is 6.07 Å². The highest BCUT2D eigenvalue weighted by Gasteiger charge is 2.51. The summed E-state index contributed by atoms with van der Waals surface area (Å²) >= 11 is 0. The van der Waals surface area contributed by atoms with E-state index in [0.29, 0.717) is 5.56 Å². The number of benzene rings is 1. The fraction of sp³-hybridized carbons (Fsp3) is 0.455. The Bertz CT molecular complexity index is 397. The Balaban J connectivity index is 2.49. The van der Waals surface area contributed by atoms with Crippen molar-refractivity contribution in [3.63, 3.8) is 0 Å². The second kappa shape index (κ2) is 3.31. The maximum atomic E-state index is 10.8. The summed E-state index contributed by atoms with van der Waals surface area (Å²) in [5.74, 6) is 0. The average Bonchev–Trinajstić information content (AvgIpc) is 2.98. The van der Waals surface area contributed by atoms with Crippen LogP contribution in [0.1, 0.15) is 25.3 Å². The first-order valence-electron chi connectivity index (χ1n) is 5.00. The van der Waals surface area contributed by atoms with Gasteiger partial charge in [-0.15, -0.1) is 0 Å². The molecule has 1 aliphatic rings. The number of aliphatic hydroxyl groups excluding tert-OH is 1. The van der Waals surface area contributed by atoms with E-state index in [0.717, 1.165) is 12.8 Å². The molecule has 2 rings (SSSR count). The number of nitro benzene ring substituents is 1. The summed E-state index contributed by atoms with van der Waals surface area (Å²) in [6.07, 6.45) is 1.13. The lowest BCUT2D eigenvalue weighted by atomic mass is 9.89. The topological polar surface area (TPSA) is 63.4 Å². The quantitative estimate of drug-likeness (QED) is 0.609. The van der Waals surface area contributed by atoms with E-state index < -0.39 is 6.10 Å². The minimum absolute atomic E-state index is 0.121. The van der Waals surface area contributed by atoms with Crippen molar-refractivity contribution < 1.29 is 10.0 Å². The SMILES string of the molecule is CC(O)C1(c2ccccc2[N+](=O)[O-])CC1. The van der Waals surface area contributed by atoms with Crippen molar-refractivity contribution >= 4 is 5.69 Å². The maximum Gasteiger partial charge on any atom is 0.273 e. The normalized spacial score (nSPS) is 19.6. The van der Waals surface area contributed by atoms with Crippen LogP contribution in [0.5, 0.6) is 0 Å². The van der Waals surface area contributed by atoms with Gasteiger partial charge in [-0.25, -0.2) is 0 Å². The van der Waals surface area contributed by atoms with Crippen LogP contribution in [0.15, 0.2) is 24.3 Å². The molecule has 0 amide bonds. The molecule has 0 radical (unpaired) electrons. The van der Waals surface area contributed by atoms with Crippen LogP contribution >= 0.6 is 0 Å². The zero-order valence-electron chi connectivity index (χ0n) is 8.51. The molecule has 80 valence electrons. The highest BCUT2D eigenvalue weighted by Crippen LogP contribution is 2.53. The van der Waals surface area contributed by atoms with E-state index in [2.05, 4.69) is 0 Å². The van der Waals surface area contributed by atoms with Crippen LogP contribution in [0, 0.1) is 10.1 Å². The van der Waals surface area contributed by atoms with E-state index in [4.69, 9.17) is 0 Å². The van der Waals surface area contributed by atoms with E-state index in [1.54, 1.807) is 25.1 Å². The molecule has 1 aromatic carbocycles. The molecule has 0 heterocycles. The summed E-state index contributed by atoms with van der Waals surface area (Å²) < 4.78 is 0. The van der Waals surface area contributed by atoms with Crippen LogP contribution in [0.3, 0.4) is 0 Å². The van der Waals surface area contributed by atoms with Gasteiger partial charge in [0, 0.05) is 17.0 Å². The monoisotopic (exact) mass is 207 g/mol. The van der Waals surface area contributed by atoms with E-state index >= 15 is 0 Å². The van der Waals surface area contributed by atoms with Crippen LogP contribution in [0.25, 0.3) is 0 Å². The molecule has 1 N–H and O–H groups in total. The highest BCUT2D eigenvalue weighted by atomic mass is 16.6. The summed E-state index contributed by atoms with van der Waals surface area (Å²) in [5.41, 5.74) is 0.421. The van der Waals surface area contributed by atoms with Gasteiger partial charge in [0.1, 0.15) is 0 Å². The van der Waals surface area contributed by atoms with E-state index in [9.17, 15) is 15.2 Å². The van der Waals surface area contributed by atoms with Crippen molar-refractivity contribution in [2.45, 2.75) is 31.3 Å². The van der Waals surface area contributed by atoms with Crippen molar-refractivity contribution in [3.8, 4) is 0 Å². The van der Waals surface area contributed by atoms with Crippen molar-refractivity contribution in [2.24, 2.45) is 0 Å². The Morgan fingerprint density at radius 2 is 2.07 bits per heavy atom. The number of rotatable bonds is 3. The van der Waals surface area contributed by atoms with Crippen LogP contribution in [0.4, 0.5) is 5.69 Å². The van der Waals surface area contributed by atoms with Gasteiger partial charge in [0.15, 0.2) is 0 Å². The highest BCUT2D eigenvalue weighted by molar-refractivity contribution is 5.48. The van der Waals surface area contributed by atoms with Crippen LogP contribution < -0.4 is 0 Å². The van der Waals surface area contributed by atoms with Gasteiger partial charge in [-0.05, 0) is 19.8 Å². The Labute approximate surface area is 87.7 Å². The second-order valence-corrected chi connectivity index (χ2v) is 4.11. The third-order valence-corrected chi connectivity index (χ3v) is 3.23. The zero-order chi connectivity index (χ0) is 11.1. The summed E-state index contributed by atoms with van der Waals surface area (Å²) in [5, 5.41) is 20.5. The predicted molar refractivity (Wildman–Crippen MR) is 55.7 cm³/mol. The molecule has 1 fully saturated rings. The van der Waals surface area contributed by atoms with Gasteiger partial charge in [0.25, 0.3) is 5.69 Å². The smallest absolute Gasteiger partial charge is 0.273 e. The number of nitro groups is 1. The minimum Gasteiger partial charge on any atom is -0.392 e. The Kier molecular flexibility index (Phi) is 2.23. The molecular weight excluding hydrogens is 194 g/mol. The fourth-order valence-electron chi connectivity index (χ4n) is 2.10. The lowest BCUT2D eigenvalue weighted by Crippen LogP contribution is -2.23. The number of hydrogen-bond donors (Lipinski definition) is 1. The first kappa shape index (κ1) is 10.1. The molecule has 0 aromatic heterocycles. The zero-order valence-corrected chi connectivity index (χ0v) is 8.51. The molecule has 4 heteroatoms. The van der Waals surface area contributed by atoms with Crippen molar-refractivity contribution in [1.82, 2.24) is 0 Å². The van der Waals surface area contributed by atoms with E-state index in [-0.39, 0.29) is 16.0 Å². The summed E-state index contributed by atoms with van der Waals surface area (Å²) in [4.78, 5) is 10.5. The van der Waals surface area contributed by atoms with E-state index in [1.807, 2.05) is 0 Å². The number of nitrogens with zero attached hydrogens (tertiary/aromatic N) is 1. The first-order chi connectivity index (χ1) is 7.08. The number of para-hydroxylation sites is 1. The van der Waals surface area contributed by atoms with Gasteiger partial charge < -0.3 is 5.11 Å². The third-order valence-electron chi connectivity index (χ3n) is 3.23. The Hall–Kier alpha value is -1.42. The van der Waals surface area contributed by atoms with Gasteiger partial charge >= 0.3 is 0 Å². The van der Waals surface area contributed by atoms with Gasteiger partial charge in [-0.2, -0.15) is 0 Å². The molecule has 0 bridgehead atoms. The second-order valence-electron chi connectivity index (χ2n) is 4.11. The molecule has 4 nitrogen and oxygen atoms in total. The fourth-order valence-corrected chi connectivity index (χ4v) is 2.10. The summed E-state index contributed by atoms with van der Waals surface area (Å²) in [7, 11) is 0. The van der Waals surface area contributed by atoms with Gasteiger partial charge in [0.2, 0.25) is 0 Å². The first-order valence-corrected chi connectivity index (χ1v) is 5.00. The number of aliphatic hydroxyl groups is 1. The molecule has 1 aromatic rings. The lowest BCUT2D eigenvalue weighted by molar-refractivity contribution is -0.386. The van der Waals surface area contributed by atoms with Gasteiger partial charge in [-0.1, -0.05) is 18.2 Å². The van der Waals surface area contributed by atoms with Crippen molar-refractivity contribution in [1.29, 1.82) is 0 Å². The summed E-state index contributed by atoms with van der Waals surface area (Å²) in [6.45, 7) is 1.70. The molecule has 1 saturated carbocycles. The lowest BCUT2D eigenvalue weighted by Gasteiger charge is -2.18. The Morgan fingerprint density at radius 3 is 2.53 bits per heavy atom. The molecule has 1 aliphatic carbocycles.